The Balaban J connectivity index is 2.34. The molecule has 1 aliphatic heterocycles. The lowest BCUT2D eigenvalue weighted by Crippen LogP contribution is -2.45. The van der Waals surface area contributed by atoms with E-state index in [-0.39, 0.29) is 5.92 Å². The van der Waals surface area contributed by atoms with E-state index in [0.717, 1.165) is 17.8 Å². The molecule has 0 bridgehead atoms. The van der Waals surface area contributed by atoms with Crippen molar-refractivity contribution in [3.8, 4) is 0 Å². The molecule has 8 heteroatoms. The second kappa shape index (κ2) is 6.43. The van der Waals surface area contributed by atoms with E-state index in [2.05, 4.69) is 5.10 Å². The fourth-order valence-electron chi connectivity index (χ4n) is 2.67. The fourth-order valence-corrected chi connectivity index (χ4v) is 3.80. The average molecular weight is 316 g/mol. The van der Waals surface area contributed by atoms with Crippen molar-refractivity contribution < 1.29 is 13.2 Å². The summed E-state index contributed by atoms with van der Waals surface area (Å²) in [6.45, 7) is 6.68. The van der Waals surface area contributed by atoms with E-state index in [4.69, 9.17) is 4.74 Å². The van der Waals surface area contributed by atoms with E-state index in [1.165, 1.54) is 8.61 Å². The molecule has 0 N–H and O–H groups in total. The summed E-state index contributed by atoms with van der Waals surface area (Å²) in [4.78, 5) is 0. The monoisotopic (exact) mass is 316 g/mol. The largest absolute Gasteiger partial charge is 0.381 e. The Morgan fingerprint density at radius 3 is 2.71 bits per heavy atom. The van der Waals surface area contributed by atoms with Crippen molar-refractivity contribution in [3.05, 3.63) is 17.5 Å². The molecule has 0 radical (unpaired) electrons. The molecule has 0 amide bonds. The number of hydrogen-bond donors (Lipinski definition) is 0. The van der Waals surface area contributed by atoms with Crippen LogP contribution in [0, 0.1) is 0 Å². The normalized spacial score (nSPS) is 20.0. The zero-order chi connectivity index (χ0) is 15.6. The van der Waals surface area contributed by atoms with Gasteiger partial charge in [-0.2, -0.15) is 22.1 Å². The molecule has 0 saturated heterocycles. The summed E-state index contributed by atoms with van der Waals surface area (Å²) < 4.78 is 35.0. The van der Waals surface area contributed by atoms with Crippen molar-refractivity contribution in [2.75, 3.05) is 33.9 Å². The van der Waals surface area contributed by atoms with Crippen LogP contribution in [0.3, 0.4) is 0 Å². The van der Waals surface area contributed by atoms with E-state index in [0.29, 0.717) is 26.3 Å². The first-order valence-corrected chi connectivity index (χ1v) is 8.61. The molecule has 2 rings (SSSR count). The van der Waals surface area contributed by atoms with Crippen LogP contribution in [0.4, 0.5) is 0 Å². The Morgan fingerprint density at radius 1 is 1.43 bits per heavy atom. The molecule has 21 heavy (non-hydrogen) atoms. The van der Waals surface area contributed by atoms with E-state index >= 15 is 0 Å². The van der Waals surface area contributed by atoms with E-state index in [9.17, 15) is 8.42 Å². The molecular formula is C13H24N4O3S. The Hall–Kier alpha value is -0.960. The quantitative estimate of drug-likeness (QED) is 0.772. The molecule has 0 aliphatic carbocycles. The predicted molar refractivity (Wildman–Crippen MR) is 80.2 cm³/mol. The lowest BCUT2D eigenvalue weighted by molar-refractivity contribution is 0.118. The van der Waals surface area contributed by atoms with Crippen molar-refractivity contribution in [3.63, 3.8) is 0 Å². The van der Waals surface area contributed by atoms with Crippen molar-refractivity contribution in [1.82, 2.24) is 18.4 Å². The molecule has 120 valence electrons. The molecule has 7 nitrogen and oxygen atoms in total. The van der Waals surface area contributed by atoms with Crippen LogP contribution in [0.25, 0.3) is 0 Å². The van der Waals surface area contributed by atoms with Gasteiger partial charge in [-0.25, -0.2) is 0 Å². The van der Waals surface area contributed by atoms with Crippen molar-refractivity contribution >= 4 is 10.2 Å². The first-order chi connectivity index (χ1) is 9.91. The van der Waals surface area contributed by atoms with Crippen LogP contribution in [0.15, 0.2) is 6.20 Å². The molecule has 0 fully saturated rings. The first-order valence-electron chi connectivity index (χ1n) is 7.21. The molecule has 1 aromatic rings. The van der Waals surface area contributed by atoms with Gasteiger partial charge in [0.25, 0.3) is 10.2 Å². The van der Waals surface area contributed by atoms with Crippen LogP contribution in [0.1, 0.15) is 31.0 Å². The number of nitrogens with zero attached hydrogens (tertiary/aromatic N) is 4. The van der Waals surface area contributed by atoms with Gasteiger partial charge in [0.1, 0.15) is 0 Å². The minimum atomic E-state index is -3.42. The summed E-state index contributed by atoms with van der Waals surface area (Å²) in [5, 5.41) is 4.36. The van der Waals surface area contributed by atoms with Gasteiger partial charge in [-0.15, -0.1) is 0 Å². The maximum atomic E-state index is 12.4. The number of rotatable bonds is 6. The second-order valence-corrected chi connectivity index (χ2v) is 7.45. The van der Waals surface area contributed by atoms with Gasteiger partial charge in [0.05, 0.1) is 12.8 Å². The topological polar surface area (TPSA) is 67.7 Å². The summed E-state index contributed by atoms with van der Waals surface area (Å²) in [5.41, 5.74) is 2.08. The molecule has 0 saturated carbocycles. The minimum absolute atomic E-state index is 0.0193. The predicted octanol–water partition coefficient (Wildman–Crippen LogP) is 0.645. The van der Waals surface area contributed by atoms with Gasteiger partial charge in [-0.05, 0) is 13.8 Å². The van der Waals surface area contributed by atoms with Gasteiger partial charge in [-0.3, -0.25) is 4.68 Å². The number of aryl methyl sites for hydroxylation is 1. The van der Waals surface area contributed by atoms with Crippen molar-refractivity contribution in [2.45, 2.75) is 32.9 Å². The van der Waals surface area contributed by atoms with E-state index in [1.807, 2.05) is 18.5 Å². The molecular weight excluding hydrogens is 292 g/mol. The van der Waals surface area contributed by atoms with Gasteiger partial charge in [-0.1, -0.05) is 0 Å². The highest BCUT2D eigenvalue weighted by atomic mass is 32.2. The van der Waals surface area contributed by atoms with Gasteiger partial charge in [0.2, 0.25) is 0 Å². The summed E-state index contributed by atoms with van der Waals surface area (Å²) in [6, 6.07) is 0. The number of hydrogen-bond acceptors (Lipinski definition) is 4. The summed E-state index contributed by atoms with van der Waals surface area (Å²) in [5.74, 6) is 0.0193. The van der Waals surface area contributed by atoms with E-state index in [1.54, 1.807) is 20.3 Å². The van der Waals surface area contributed by atoms with Crippen LogP contribution < -0.4 is 0 Å². The highest BCUT2D eigenvalue weighted by Gasteiger charge is 2.35. The maximum Gasteiger partial charge on any atom is 0.281 e. The second-order valence-electron chi connectivity index (χ2n) is 5.31. The maximum absolute atomic E-state index is 12.4. The van der Waals surface area contributed by atoms with Crippen LogP contribution >= 0.6 is 0 Å². The minimum Gasteiger partial charge on any atom is -0.381 e. The SMILES string of the molecule is CCOC[C@H]1CN(S(=O)(=O)N(C)C)Cc2cnn(CC)c21. The summed E-state index contributed by atoms with van der Waals surface area (Å²) in [7, 11) is -0.317. The van der Waals surface area contributed by atoms with Gasteiger partial charge >= 0.3 is 0 Å². The third kappa shape index (κ3) is 3.13. The Kier molecular flexibility index (Phi) is 5.03. The smallest absolute Gasteiger partial charge is 0.281 e. The van der Waals surface area contributed by atoms with Crippen LogP contribution in [0.2, 0.25) is 0 Å². The first kappa shape index (κ1) is 16.4. The molecule has 1 aromatic heterocycles. The van der Waals surface area contributed by atoms with Crippen LogP contribution in [0.5, 0.6) is 0 Å². The standard InChI is InChI=1S/C13H24N4O3S/c1-5-17-13-11(7-14-17)8-16(21(18,19)15(3)4)9-12(13)10-20-6-2/h7,12H,5-6,8-10H2,1-4H3/t12-/m1/s1. The Morgan fingerprint density at radius 2 is 2.14 bits per heavy atom. The van der Waals surface area contributed by atoms with Gasteiger partial charge in [0, 0.05) is 57.5 Å². The third-order valence-electron chi connectivity index (χ3n) is 3.73. The lowest BCUT2D eigenvalue weighted by atomic mass is 9.98. The zero-order valence-corrected chi connectivity index (χ0v) is 13.9. The average Bonchev–Trinajstić information content (AvgIpc) is 2.87. The zero-order valence-electron chi connectivity index (χ0n) is 13.1. The molecule has 1 atom stereocenters. The van der Waals surface area contributed by atoms with Crippen molar-refractivity contribution in [1.29, 1.82) is 0 Å². The molecule has 0 spiro atoms. The molecule has 2 heterocycles. The number of ether oxygens (including phenoxy) is 1. The van der Waals surface area contributed by atoms with E-state index < -0.39 is 10.2 Å². The third-order valence-corrected chi connectivity index (χ3v) is 5.58. The van der Waals surface area contributed by atoms with Crippen molar-refractivity contribution in [2.24, 2.45) is 0 Å². The van der Waals surface area contributed by atoms with Gasteiger partial charge in [0.15, 0.2) is 0 Å². The Bertz CT molecular complexity index is 582. The lowest BCUT2D eigenvalue weighted by Gasteiger charge is -2.33. The van der Waals surface area contributed by atoms with Gasteiger partial charge < -0.3 is 4.74 Å². The highest BCUT2D eigenvalue weighted by molar-refractivity contribution is 7.86. The summed E-state index contributed by atoms with van der Waals surface area (Å²) in [6.07, 6.45) is 1.77. The van der Waals surface area contributed by atoms with Crippen LogP contribution in [-0.2, 0) is 28.0 Å². The Labute approximate surface area is 126 Å². The highest BCUT2D eigenvalue weighted by Crippen LogP contribution is 2.30. The molecule has 1 aliphatic rings. The molecule has 0 aromatic carbocycles. The molecule has 0 unspecified atom stereocenters. The summed E-state index contributed by atoms with van der Waals surface area (Å²) >= 11 is 0. The number of aromatic nitrogens is 2. The number of fused-ring (bicyclic) bond motifs is 1. The van der Waals surface area contributed by atoms with Crippen LogP contribution in [-0.4, -0.2) is 60.7 Å². The fraction of sp³-hybridized carbons (Fsp3) is 0.769.